The average molecular weight is 434 g/mol. The van der Waals surface area contributed by atoms with E-state index < -0.39 is 62.8 Å². The number of hydrogen-bond acceptors (Lipinski definition) is 5. The van der Waals surface area contributed by atoms with Gasteiger partial charge in [-0.25, -0.2) is 18.0 Å². The van der Waals surface area contributed by atoms with Crippen molar-refractivity contribution in [2.75, 3.05) is 7.11 Å². The minimum Gasteiger partial charge on any atom is -0.502 e. The molecule has 1 aliphatic rings. The van der Waals surface area contributed by atoms with Crippen molar-refractivity contribution < 1.29 is 32.9 Å². The highest BCUT2D eigenvalue weighted by molar-refractivity contribution is 5.96. The maximum Gasteiger partial charge on any atom is 0.356 e. The summed E-state index contributed by atoms with van der Waals surface area (Å²) in [5, 5.41) is 18.6. The van der Waals surface area contributed by atoms with Crippen LogP contribution in [-0.4, -0.2) is 32.8 Å². The topological polar surface area (TPSA) is 102 Å². The van der Waals surface area contributed by atoms with Gasteiger partial charge in [0.15, 0.2) is 28.9 Å². The number of nitrogens with zero attached hydrogens (tertiary/aromatic N) is 2. The molecule has 7 nitrogen and oxygen atoms in total. The lowest BCUT2D eigenvalue weighted by Crippen LogP contribution is -2.21. The van der Waals surface area contributed by atoms with Crippen LogP contribution >= 0.6 is 0 Å². The van der Waals surface area contributed by atoms with Gasteiger partial charge in [0.1, 0.15) is 0 Å². The molecule has 0 bridgehead atoms. The molecule has 0 amide bonds. The van der Waals surface area contributed by atoms with Crippen LogP contribution in [0.5, 0.6) is 5.75 Å². The molecule has 1 aliphatic carbocycles. The van der Waals surface area contributed by atoms with E-state index in [1.807, 2.05) is 0 Å². The summed E-state index contributed by atoms with van der Waals surface area (Å²) < 4.78 is 51.7. The fourth-order valence-corrected chi connectivity index (χ4v) is 3.79. The van der Waals surface area contributed by atoms with E-state index in [9.17, 15) is 19.8 Å². The third kappa shape index (κ3) is 3.23. The molecule has 1 fully saturated rings. The maximum atomic E-state index is 15.8. The number of benzene rings is 1. The van der Waals surface area contributed by atoms with Gasteiger partial charge < -0.3 is 19.5 Å². The molecular weight excluding hydrogens is 417 g/mol. The van der Waals surface area contributed by atoms with Crippen LogP contribution in [0.15, 0.2) is 16.9 Å². The van der Waals surface area contributed by atoms with E-state index in [4.69, 9.17) is 4.74 Å². The Hall–Kier alpha value is -3.40. The van der Waals surface area contributed by atoms with Gasteiger partial charge in [-0.2, -0.15) is 0 Å². The van der Waals surface area contributed by atoms with Crippen LogP contribution in [0.2, 0.25) is 0 Å². The van der Waals surface area contributed by atoms with E-state index in [1.54, 1.807) is 6.92 Å². The SMILES string of the molecule is COCc1cc(-c2c(F)c(F)c3c(=O)c(O)c(C(=O)O)n(C4CC4)c3c2F)cc(C)n1. The second kappa shape index (κ2) is 7.38. The van der Waals surface area contributed by atoms with Gasteiger partial charge in [-0.1, -0.05) is 0 Å². The van der Waals surface area contributed by atoms with E-state index in [0.29, 0.717) is 24.2 Å². The Morgan fingerprint density at radius 1 is 1.23 bits per heavy atom. The molecule has 0 saturated heterocycles. The fourth-order valence-electron chi connectivity index (χ4n) is 3.79. The minimum absolute atomic E-state index is 0.0395. The number of hydrogen-bond donors (Lipinski definition) is 2. The van der Waals surface area contributed by atoms with Crippen LogP contribution in [0.25, 0.3) is 22.0 Å². The minimum atomic E-state index is -1.68. The van der Waals surface area contributed by atoms with Crippen molar-refractivity contribution in [3.05, 3.63) is 56.9 Å². The first kappa shape index (κ1) is 20.9. The average Bonchev–Trinajstić information content (AvgIpc) is 3.52. The number of rotatable bonds is 5. The number of fused-ring (bicyclic) bond motifs is 1. The molecule has 2 aromatic heterocycles. The summed E-state index contributed by atoms with van der Waals surface area (Å²) in [5.74, 6) is -7.54. The Kier molecular flexibility index (Phi) is 4.97. The first-order valence-electron chi connectivity index (χ1n) is 9.35. The van der Waals surface area contributed by atoms with Crippen molar-refractivity contribution in [2.24, 2.45) is 0 Å². The van der Waals surface area contributed by atoms with E-state index >= 15 is 13.2 Å². The summed E-state index contributed by atoms with van der Waals surface area (Å²) in [4.78, 5) is 28.4. The van der Waals surface area contributed by atoms with E-state index in [0.717, 1.165) is 4.57 Å². The van der Waals surface area contributed by atoms with Gasteiger partial charge in [0.2, 0.25) is 5.43 Å². The van der Waals surface area contributed by atoms with Gasteiger partial charge in [0.05, 0.1) is 28.8 Å². The van der Waals surface area contributed by atoms with Gasteiger partial charge in [0, 0.05) is 18.8 Å². The van der Waals surface area contributed by atoms with Crippen molar-refractivity contribution in [1.29, 1.82) is 0 Å². The molecule has 0 spiro atoms. The van der Waals surface area contributed by atoms with Crippen LogP contribution in [-0.2, 0) is 11.3 Å². The predicted octanol–water partition coefficient (Wildman–Crippen LogP) is 3.67. The number of halogens is 3. The predicted molar refractivity (Wildman–Crippen MR) is 104 cm³/mol. The number of carboxylic acid groups (broad SMARTS) is 1. The molecule has 10 heteroatoms. The zero-order chi connectivity index (χ0) is 22.6. The summed E-state index contributed by atoms with van der Waals surface area (Å²) in [6.07, 6.45) is 0.857. The second-order valence-corrected chi connectivity index (χ2v) is 7.39. The number of aryl methyl sites for hydroxylation is 1. The monoisotopic (exact) mass is 434 g/mol. The van der Waals surface area contributed by atoms with Gasteiger partial charge in [-0.05, 0) is 37.5 Å². The van der Waals surface area contributed by atoms with E-state index in [2.05, 4.69) is 4.98 Å². The molecule has 2 heterocycles. The third-order valence-electron chi connectivity index (χ3n) is 5.15. The first-order valence-corrected chi connectivity index (χ1v) is 9.35. The first-order chi connectivity index (χ1) is 14.7. The van der Waals surface area contributed by atoms with E-state index in [-0.39, 0.29) is 12.2 Å². The molecule has 0 unspecified atom stereocenters. The molecule has 0 aliphatic heterocycles. The summed E-state index contributed by atoms with van der Waals surface area (Å²) >= 11 is 0. The highest BCUT2D eigenvalue weighted by atomic mass is 19.2. The normalized spacial score (nSPS) is 13.7. The van der Waals surface area contributed by atoms with Crippen LogP contribution in [0.1, 0.15) is 40.8 Å². The largest absolute Gasteiger partial charge is 0.502 e. The van der Waals surface area contributed by atoms with Crippen molar-refractivity contribution in [2.45, 2.75) is 32.4 Å². The smallest absolute Gasteiger partial charge is 0.356 e. The third-order valence-corrected chi connectivity index (χ3v) is 5.15. The van der Waals surface area contributed by atoms with Crippen molar-refractivity contribution in [3.8, 4) is 16.9 Å². The molecule has 3 aromatic rings. The lowest BCUT2D eigenvalue weighted by atomic mass is 9.99. The Labute approximate surface area is 173 Å². The van der Waals surface area contributed by atoms with Crippen molar-refractivity contribution in [1.82, 2.24) is 9.55 Å². The molecule has 1 aromatic carbocycles. The van der Waals surface area contributed by atoms with Crippen molar-refractivity contribution >= 4 is 16.9 Å². The highest BCUT2D eigenvalue weighted by Gasteiger charge is 2.36. The Morgan fingerprint density at radius 2 is 1.90 bits per heavy atom. The summed E-state index contributed by atoms with van der Waals surface area (Å²) in [5.41, 5.74) is -3.12. The summed E-state index contributed by atoms with van der Waals surface area (Å²) in [6.45, 7) is 1.62. The molecule has 2 N–H and O–H groups in total. The molecule has 162 valence electrons. The van der Waals surface area contributed by atoms with Gasteiger partial charge >= 0.3 is 5.97 Å². The number of aromatic hydroxyl groups is 1. The van der Waals surface area contributed by atoms with Crippen molar-refractivity contribution in [3.63, 3.8) is 0 Å². The number of aromatic carboxylic acids is 1. The number of ether oxygens (including phenoxy) is 1. The molecule has 31 heavy (non-hydrogen) atoms. The highest BCUT2D eigenvalue weighted by Crippen LogP contribution is 2.43. The van der Waals surface area contributed by atoms with E-state index in [1.165, 1.54) is 19.2 Å². The Bertz CT molecular complexity index is 1320. The molecule has 1 saturated carbocycles. The number of carboxylic acids is 1. The summed E-state index contributed by atoms with van der Waals surface area (Å²) in [6, 6.07) is 2.08. The van der Waals surface area contributed by atoms with Crippen LogP contribution in [0.3, 0.4) is 0 Å². The van der Waals surface area contributed by atoms with Crippen LogP contribution < -0.4 is 5.43 Å². The van der Waals surface area contributed by atoms with Crippen LogP contribution in [0.4, 0.5) is 13.2 Å². The molecule has 4 rings (SSSR count). The Morgan fingerprint density at radius 3 is 2.48 bits per heavy atom. The Balaban J connectivity index is 2.18. The second-order valence-electron chi connectivity index (χ2n) is 7.39. The van der Waals surface area contributed by atoms with Gasteiger partial charge in [-0.15, -0.1) is 0 Å². The zero-order valence-corrected chi connectivity index (χ0v) is 16.5. The zero-order valence-electron chi connectivity index (χ0n) is 16.5. The molecule has 0 atom stereocenters. The lowest BCUT2D eigenvalue weighted by Gasteiger charge is -2.19. The maximum absolute atomic E-state index is 15.8. The number of carbonyl (C=O) groups is 1. The molecular formula is C21H17F3N2O5. The van der Waals surface area contributed by atoms with Gasteiger partial charge in [0.25, 0.3) is 0 Å². The van der Waals surface area contributed by atoms with Crippen LogP contribution in [0, 0.1) is 24.4 Å². The fraction of sp³-hybridized carbons (Fsp3) is 0.286. The van der Waals surface area contributed by atoms with Gasteiger partial charge in [-0.3, -0.25) is 9.78 Å². The summed E-state index contributed by atoms with van der Waals surface area (Å²) in [7, 11) is 1.41. The molecule has 0 radical (unpaired) electrons. The number of aromatic nitrogens is 2. The quantitative estimate of drug-likeness (QED) is 0.594. The standard InChI is InChI=1S/C21H17F3N2O5/c1-8-5-9(6-10(25-8)7-31-2)12-14(22)15(23)13-17(16(12)24)26(11-3-4-11)18(21(29)30)20(28)19(13)27/h5-6,11,28H,3-4,7H2,1-2H3,(H,29,30). The number of pyridine rings is 2. The lowest BCUT2D eigenvalue weighted by molar-refractivity contribution is 0.0680. The number of methoxy groups -OCH3 is 1.